The van der Waals surface area contributed by atoms with Crippen molar-refractivity contribution in [2.75, 3.05) is 20.3 Å². The van der Waals surface area contributed by atoms with Gasteiger partial charge in [0.15, 0.2) is 11.6 Å². The molecule has 0 spiro atoms. The van der Waals surface area contributed by atoms with Gasteiger partial charge in [0.1, 0.15) is 5.75 Å². The first-order chi connectivity index (χ1) is 20.6. The zero-order chi connectivity index (χ0) is 32.1. The van der Waals surface area contributed by atoms with E-state index in [-0.39, 0.29) is 38.9 Å². The Labute approximate surface area is 259 Å². The van der Waals surface area contributed by atoms with Gasteiger partial charge in [0, 0.05) is 61.0 Å². The van der Waals surface area contributed by atoms with Gasteiger partial charge in [-0.15, -0.1) is 0 Å². The highest BCUT2D eigenvalue weighted by molar-refractivity contribution is 6.32. The van der Waals surface area contributed by atoms with Crippen molar-refractivity contribution in [1.29, 1.82) is 0 Å². The van der Waals surface area contributed by atoms with E-state index in [0.29, 0.717) is 55.5 Å². The summed E-state index contributed by atoms with van der Waals surface area (Å²) in [6.07, 6.45) is 1.97. The molecule has 3 aliphatic rings. The van der Waals surface area contributed by atoms with E-state index in [1.165, 1.54) is 6.07 Å². The number of non-ortho nitro benzene ring substituents is 1. The second-order valence-corrected chi connectivity index (χ2v) is 13.5. The quantitative estimate of drug-likeness (QED) is 0.219. The Morgan fingerprint density at radius 2 is 1.43 bits per heavy atom. The second kappa shape index (κ2) is 11.4. The molecule has 1 aliphatic heterocycles. The van der Waals surface area contributed by atoms with Crippen LogP contribution in [0.1, 0.15) is 64.9 Å². The Kier molecular flexibility index (Phi) is 8.15. The highest BCUT2D eigenvalue weighted by atomic mass is 35.5. The molecule has 0 atom stereocenters. The molecular formula is C32H34ClN3O8. The van der Waals surface area contributed by atoms with Crippen LogP contribution in [0.3, 0.4) is 0 Å². The maximum Gasteiger partial charge on any atom is 0.318 e. The SMILES string of the molecule is COCCN1C2=C(C(=O)CC(C)(C)C2)C(c2ccc(Oc3ccc([N+](=O)[O-])cc3[N+](=O)[O-])c(Cl)c2)C2=C1CC(C)(C)CC2=O. The van der Waals surface area contributed by atoms with Crippen LogP contribution in [0.15, 0.2) is 58.9 Å². The fourth-order valence-corrected chi connectivity index (χ4v) is 6.81. The zero-order valence-electron chi connectivity index (χ0n) is 25.3. The summed E-state index contributed by atoms with van der Waals surface area (Å²) < 4.78 is 11.2. The second-order valence-electron chi connectivity index (χ2n) is 13.1. The summed E-state index contributed by atoms with van der Waals surface area (Å²) in [5, 5.41) is 22.9. The molecule has 0 N–H and O–H groups in total. The number of nitro groups is 2. The minimum Gasteiger partial charge on any atom is -0.449 e. The lowest BCUT2D eigenvalue weighted by molar-refractivity contribution is -0.394. The number of rotatable bonds is 8. The van der Waals surface area contributed by atoms with E-state index in [0.717, 1.165) is 29.6 Å². The molecule has 2 aromatic rings. The van der Waals surface area contributed by atoms with Crippen molar-refractivity contribution in [3.63, 3.8) is 0 Å². The third-order valence-corrected chi connectivity index (χ3v) is 8.70. The predicted molar refractivity (Wildman–Crippen MR) is 163 cm³/mol. The van der Waals surface area contributed by atoms with E-state index >= 15 is 0 Å². The summed E-state index contributed by atoms with van der Waals surface area (Å²) >= 11 is 6.69. The lowest BCUT2D eigenvalue weighted by atomic mass is 9.63. The number of carbonyl (C=O) groups is 2. The molecule has 0 saturated carbocycles. The summed E-state index contributed by atoms with van der Waals surface area (Å²) in [4.78, 5) is 51.2. The first kappa shape index (κ1) is 31.3. The molecule has 12 heteroatoms. The monoisotopic (exact) mass is 623 g/mol. The molecule has 0 aromatic heterocycles. The normalized spacial score (nSPS) is 19.5. The number of ketones is 2. The molecule has 2 aromatic carbocycles. The van der Waals surface area contributed by atoms with Crippen molar-refractivity contribution < 1.29 is 28.9 Å². The third kappa shape index (κ3) is 5.86. The van der Waals surface area contributed by atoms with Crippen molar-refractivity contribution in [2.24, 2.45) is 10.8 Å². The molecule has 44 heavy (non-hydrogen) atoms. The third-order valence-electron chi connectivity index (χ3n) is 8.40. The highest BCUT2D eigenvalue weighted by Gasteiger charge is 2.49. The van der Waals surface area contributed by atoms with Gasteiger partial charge in [-0.3, -0.25) is 29.8 Å². The highest BCUT2D eigenvalue weighted by Crippen LogP contribution is 2.55. The number of nitro benzene ring substituents is 2. The summed E-state index contributed by atoms with van der Waals surface area (Å²) in [5.74, 6) is -0.811. The first-order valence-corrected chi connectivity index (χ1v) is 14.7. The Morgan fingerprint density at radius 3 is 1.93 bits per heavy atom. The number of ether oxygens (including phenoxy) is 2. The number of carbonyl (C=O) groups excluding carboxylic acids is 2. The van der Waals surface area contributed by atoms with Gasteiger partial charge in [0.2, 0.25) is 5.75 Å². The van der Waals surface area contributed by atoms with Crippen LogP contribution >= 0.6 is 11.6 Å². The van der Waals surface area contributed by atoms with E-state index in [9.17, 15) is 29.8 Å². The number of methoxy groups -OCH3 is 1. The fraction of sp³-hybridized carbons (Fsp3) is 0.438. The van der Waals surface area contributed by atoms with Gasteiger partial charge in [-0.1, -0.05) is 45.4 Å². The van der Waals surface area contributed by atoms with Crippen molar-refractivity contribution in [3.8, 4) is 11.5 Å². The molecule has 2 aliphatic carbocycles. The van der Waals surface area contributed by atoms with Gasteiger partial charge in [-0.25, -0.2) is 0 Å². The van der Waals surface area contributed by atoms with Crippen molar-refractivity contribution in [3.05, 3.63) is 89.8 Å². The fourth-order valence-electron chi connectivity index (χ4n) is 6.58. The first-order valence-electron chi connectivity index (χ1n) is 14.3. The topological polar surface area (TPSA) is 142 Å². The van der Waals surface area contributed by atoms with Gasteiger partial charge in [-0.05, 0) is 47.4 Å². The number of allylic oxidation sites excluding steroid dienone is 4. The molecule has 0 amide bonds. The number of nitrogens with zero attached hydrogens (tertiary/aromatic N) is 3. The van der Waals surface area contributed by atoms with Gasteiger partial charge in [0.25, 0.3) is 5.69 Å². The minimum atomic E-state index is -0.768. The van der Waals surface area contributed by atoms with Crippen LogP contribution in [0, 0.1) is 31.1 Å². The molecule has 1 heterocycles. The Balaban J connectivity index is 1.63. The lowest BCUT2D eigenvalue weighted by Gasteiger charge is -2.49. The molecule has 232 valence electrons. The maximum absolute atomic E-state index is 13.9. The molecule has 5 rings (SSSR count). The molecule has 11 nitrogen and oxygen atoms in total. The summed E-state index contributed by atoms with van der Waals surface area (Å²) in [7, 11) is 1.63. The summed E-state index contributed by atoms with van der Waals surface area (Å²) in [6, 6.07) is 7.95. The predicted octanol–water partition coefficient (Wildman–Crippen LogP) is 7.28. The van der Waals surface area contributed by atoms with Crippen molar-refractivity contribution >= 4 is 34.5 Å². The van der Waals surface area contributed by atoms with Gasteiger partial charge in [0.05, 0.1) is 27.5 Å². The van der Waals surface area contributed by atoms with Crippen molar-refractivity contribution in [2.45, 2.75) is 59.3 Å². The van der Waals surface area contributed by atoms with Crippen molar-refractivity contribution in [1.82, 2.24) is 4.90 Å². The van der Waals surface area contributed by atoms with Crippen LogP contribution < -0.4 is 4.74 Å². The van der Waals surface area contributed by atoms with Crippen LogP contribution in [0.25, 0.3) is 0 Å². The van der Waals surface area contributed by atoms with E-state index in [2.05, 4.69) is 32.6 Å². The Bertz CT molecular complexity index is 1600. The van der Waals surface area contributed by atoms with Gasteiger partial charge in [-0.2, -0.15) is 0 Å². The molecular weight excluding hydrogens is 590 g/mol. The average Bonchev–Trinajstić information content (AvgIpc) is 2.91. The zero-order valence-corrected chi connectivity index (χ0v) is 26.0. The number of Topliss-reactive ketones (excluding diaryl/α,β-unsaturated/α-hetero) is 2. The van der Waals surface area contributed by atoms with E-state index in [1.54, 1.807) is 19.2 Å². The largest absolute Gasteiger partial charge is 0.449 e. The van der Waals surface area contributed by atoms with Crippen LogP contribution in [-0.2, 0) is 14.3 Å². The van der Waals surface area contributed by atoms with E-state index in [4.69, 9.17) is 21.1 Å². The summed E-state index contributed by atoms with van der Waals surface area (Å²) in [5.41, 5.74) is 2.03. The Hall–Kier alpha value is -4.09. The average molecular weight is 624 g/mol. The van der Waals surface area contributed by atoms with Crippen LogP contribution in [0.2, 0.25) is 5.02 Å². The van der Waals surface area contributed by atoms with E-state index in [1.807, 2.05) is 0 Å². The smallest absolute Gasteiger partial charge is 0.318 e. The molecule has 0 unspecified atom stereocenters. The lowest BCUT2D eigenvalue weighted by Crippen LogP contribution is -2.45. The van der Waals surface area contributed by atoms with Gasteiger partial charge >= 0.3 is 5.69 Å². The van der Waals surface area contributed by atoms with Gasteiger partial charge < -0.3 is 14.4 Å². The van der Waals surface area contributed by atoms with Crippen LogP contribution in [-0.4, -0.2) is 46.6 Å². The maximum atomic E-state index is 13.9. The number of hydrogen-bond donors (Lipinski definition) is 0. The summed E-state index contributed by atoms with van der Waals surface area (Å²) in [6.45, 7) is 9.21. The van der Waals surface area contributed by atoms with E-state index < -0.39 is 27.1 Å². The number of benzene rings is 2. The molecule has 0 fully saturated rings. The molecule has 0 saturated heterocycles. The van der Waals surface area contributed by atoms with Crippen LogP contribution in [0.5, 0.6) is 11.5 Å². The standard InChI is InChI=1S/C32H34ClN3O8/c1-31(2)14-22-29(24(37)16-31)28(30-23(34(22)10-11-43-5)15-32(3,4)17-25(30)38)18-6-8-26(20(33)12-18)44-27-9-7-19(35(39)40)13-21(27)36(41)42/h6-9,12-13,28H,10-11,14-17H2,1-5H3. The van der Waals surface area contributed by atoms with Crippen LogP contribution in [0.4, 0.5) is 11.4 Å². The number of halogens is 1. The molecule has 0 radical (unpaired) electrons. The molecule has 0 bridgehead atoms. The minimum absolute atomic E-state index is 0.0224. The Morgan fingerprint density at radius 1 is 0.864 bits per heavy atom. The number of hydrogen-bond acceptors (Lipinski definition) is 9.